The number of rotatable bonds is 1. The molecule has 0 fully saturated rings. The highest BCUT2D eigenvalue weighted by Crippen LogP contribution is 2.27. The van der Waals surface area contributed by atoms with Gasteiger partial charge in [0, 0.05) is 4.86 Å². The standard InChI is InChI=1S/C12H14S/c1-8-5-11-4-3-10(9(2)13)7-12(11)6-8/h3-4,7-8H,5-6H2,1-2H3. The molecule has 1 aromatic carbocycles. The van der Waals surface area contributed by atoms with Gasteiger partial charge in [-0.05, 0) is 42.4 Å². The van der Waals surface area contributed by atoms with Crippen LogP contribution in [0.5, 0.6) is 0 Å². The first-order valence-corrected chi connectivity index (χ1v) is 5.20. The van der Waals surface area contributed by atoms with E-state index in [4.69, 9.17) is 12.2 Å². The summed E-state index contributed by atoms with van der Waals surface area (Å²) >= 11 is 5.16. The zero-order chi connectivity index (χ0) is 9.42. The van der Waals surface area contributed by atoms with Crippen LogP contribution in [0.4, 0.5) is 0 Å². The fourth-order valence-electron chi connectivity index (χ4n) is 2.06. The Hall–Kier alpha value is -0.690. The van der Waals surface area contributed by atoms with Crippen molar-refractivity contribution >= 4 is 17.1 Å². The van der Waals surface area contributed by atoms with Crippen molar-refractivity contribution < 1.29 is 0 Å². The molecule has 1 aliphatic rings. The summed E-state index contributed by atoms with van der Waals surface area (Å²) in [4.78, 5) is 1.00. The van der Waals surface area contributed by atoms with E-state index in [2.05, 4.69) is 25.1 Å². The summed E-state index contributed by atoms with van der Waals surface area (Å²) in [5.41, 5.74) is 4.25. The Morgan fingerprint density at radius 3 is 2.69 bits per heavy atom. The molecule has 0 aliphatic heterocycles. The van der Waals surface area contributed by atoms with Crippen molar-refractivity contribution in [1.82, 2.24) is 0 Å². The van der Waals surface area contributed by atoms with Crippen LogP contribution in [0.3, 0.4) is 0 Å². The van der Waals surface area contributed by atoms with Gasteiger partial charge in [0.15, 0.2) is 0 Å². The maximum Gasteiger partial charge on any atom is 0.0193 e. The van der Waals surface area contributed by atoms with Crippen molar-refractivity contribution in [3.05, 3.63) is 34.9 Å². The summed E-state index contributed by atoms with van der Waals surface area (Å²) < 4.78 is 0. The summed E-state index contributed by atoms with van der Waals surface area (Å²) in [7, 11) is 0. The third-order valence-electron chi connectivity index (χ3n) is 2.75. The molecule has 2 rings (SSSR count). The maximum atomic E-state index is 5.16. The van der Waals surface area contributed by atoms with Crippen LogP contribution < -0.4 is 0 Å². The third-order valence-corrected chi connectivity index (χ3v) is 2.99. The molecule has 1 atom stereocenters. The average molecular weight is 190 g/mol. The van der Waals surface area contributed by atoms with Gasteiger partial charge in [0.05, 0.1) is 0 Å². The number of hydrogen-bond donors (Lipinski definition) is 0. The maximum absolute atomic E-state index is 5.16. The Kier molecular flexibility index (Phi) is 2.20. The van der Waals surface area contributed by atoms with Crippen molar-refractivity contribution in [3.63, 3.8) is 0 Å². The van der Waals surface area contributed by atoms with Crippen LogP contribution in [0.25, 0.3) is 0 Å². The first kappa shape index (κ1) is 8.89. The largest absolute Gasteiger partial charge is 0.0846 e. The molecule has 0 nitrogen and oxygen atoms in total. The molecule has 1 aromatic rings. The quantitative estimate of drug-likeness (QED) is 0.484. The van der Waals surface area contributed by atoms with Gasteiger partial charge in [0.1, 0.15) is 0 Å². The Bertz CT molecular complexity index is 352. The lowest BCUT2D eigenvalue weighted by Gasteiger charge is -2.02. The summed E-state index contributed by atoms with van der Waals surface area (Å²) in [6.45, 7) is 4.30. The fourth-order valence-corrected chi connectivity index (χ4v) is 2.18. The normalized spacial score (nSPS) is 20.0. The zero-order valence-corrected chi connectivity index (χ0v) is 8.95. The number of hydrogen-bond acceptors (Lipinski definition) is 1. The van der Waals surface area contributed by atoms with E-state index in [9.17, 15) is 0 Å². The van der Waals surface area contributed by atoms with Gasteiger partial charge in [-0.15, -0.1) is 0 Å². The van der Waals surface area contributed by atoms with E-state index >= 15 is 0 Å². The Balaban J connectivity index is 2.40. The number of thiocarbonyl (C=S) groups is 1. The third kappa shape index (κ3) is 1.66. The van der Waals surface area contributed by atoms with Gasteiger partial charge < -0.3 is 0 Å². The Morgan fingerprint density at radius 1 is 1.31 bits per heavy atom. The predicted octanol–water partition coefficient (Wildman–Crippen LogP) is 3.16. The second kappa shape index (κ2) is 3.22. The van der Waals surface area contributed by atoms with E-state index in [1.807, 2.05) is 6.92 Å². The van der Waals surface area contributed by atoms with Gasteiger partial charge >= 0.3 is 0 Å². The average Bonchev–Trinajstić information content (AvgIpc) is 2.42. The second-order valence-corrected chi connectivity index (χ2v) is 4.67. The molecule has 13 heavy (non-hydrogen) atoms. The van der Waals surface area contributed by atoms with Crippen LogP contribution in [0, 0.1) is 5.92 Å². The predicted molar refractivity (Wildman–Crippen MR) is 60.4 cm³/mol. The molecule has 0 saturated carbocycles. The molecule has 0 spiro atoms. The molecule has 0 radical (unpaired) electrons. The molecule has 0 N–H and O–H groups in total. The first-order chi connectivity index (χ1) is 6.16. The lowest BCUT2D eigenvalue weighted by Crippen LogP contribution is -1.92. The van der Waals surface area contributed by atoms with E-state index in [1.165, 1.54) is 29.5 Å². The number of benzene rings is 1. The fraction of sp³-hybridized carbons (Fsp3) is 0.417. The minimum absolute atomic E-state index is 0.815. The summed E-state index contributed by atoms with van der Waals surface area (Å²) in [6, 6.07) is 6.66. The molecule has 68 valence electrons. The second-order valence-electron chi connectivity index (χ2n) is 4.05. The minimum Gasteiger partial charge on any atom is -0.0846 e. The SMILES string of the molecule is CC(=S)c1ccc2c(c1)CC(C)C2. The van der Waals surface area contributed by atoms with Crippen molar-refractivity contribution in [2.24, 2.45) is 5.92 Å². The van der Waals surface area contributed by atoms with E-state index in [-0.39, 0.29) is 0 Å². The van der Waals surface area contributed by atoms with Crippen molar-refractivity contribution in [2.45, 2.75) is 26.7 Å². The molecule has 1 heteroatoms. The highest BCUT2D eigenvalue weighted by Gasteiger charge is 2.17. The summed E-state index contributed by atoms with van der Waals surface area (Å²) in [5.74, 6) is 0.815. The van der Waals surface area contributed by atoms with Gasteiger partial charge in [-0.25, -0.2) is 0 Å². The monoisotopic (exact) mass is 190 g/mol. The lowest BCUT2D eigenvalue weighted by molar-refractivity contribution is 0.628. The van der Waals surface area contributed by atoms with Crippen LogP contribution in [-0.2, 0) is 12.8 Å². The molecular weight excluding hydrogens is 176 g/mol. The van der Waals surface area contributed by atoms with E-state index in [1.54, 1.807) is 0 Å². The van der Waals surface area contributed by atoms with Crippen LogP contribution in [0.1, 0.15) is 30.5 Å². The molecule has 0 bridgehead atoms. The van der Waals surface area contributed by atoms with E-state index < -0.39 is 0 Å². The molecule has 1 unspecified atom stereocenters. The lowest BCUT2D eigenvalue weighted by atomic mass is 10.1. The summed E-state index contributed by atoms with van der Waals surface area (Å²) in [6.07, 6.45) is 2.47. The van der Waals surface area contributed by atoms with Gasteiger partial charge in [0.2, 0.25) is 0 Å². The molecule has 0 amide bonds. The Labute approximate surface area is 85.0 Å². The van der Waals surface area contributed by atoms with Gasteiger partial charge in [-0.2, -0.15) is 0 Å². The molecule has 0 heterocycles. The molecule has 0 aromatic heterocycles. The minimum atomic E-state index is 0.815. The van der Waals surface area contributed by atoms with Crippen LogP contribution >= 0.6 is 12.2 Å². The topological polar surface area (TPSA) is 0 Å². The van der Waals surface area contributed by atoms with E-state index in [0.717, 1.165) is 10.8 Å². The van der Waals surface area contributed by atoms with Gasteiger partial charge in [0.25, 0.3) is 0 Å². The highest BCUT2D eigenvalue weighted by molar-refractivity contribution is 7.80. The molecule has 1 aliphatic carbocycles. The van der Waals surface area contributed by atoms with Crippen LogP contribution in [0.15, 0.2) is 18.2 Å². The highest BCUT2D eigenvalue weighted by atomic mass is 32.1. The van der Waals surface area contributed by atoms with Crippen LogP contribution in [0.2, 0.25) is 0 Å². The van der Waals surface area contributed by atoms with Crippen molar-refractivity contribution in [1.29, 1.82) is 0 Å². The van der Waals surface area contributed by atoms with Gasteiger partial charge in [-0.1, -0.05) is 37.3 Å². The molecular formula is C12H14S. The van der Waals surface area contributed by atoms with E-state index in [0.29, 0.717) is 0 Å². The first-order valence-electron chi connectivity index (χ1n) is 4.79. The molecule has 0 saturated heterocycles. The Morgan fingerprint density at radius 2 is 2.00 bits per heavy atom. The van der Waals surface area contributed by atoms with Gasteiger partial charge in [-0.3, -0.25) is 0 Å². The van der Waals surface area contributed by atoms with Crippen molar-refractivity contribution in [3.8, 4) is 0 Å². The van der Waals surface area contributed by atoms with Crippen LogP contribution in [-0.4, -0.2) is 4.86 Å². The smallest absolute Gasteiger partial charge is 0.0193 e. The zero-order valence-electron chi connectivity index (χ0n) is 8.13. The number of fused-ring (bicyclic) bond motifs is 1. The summed E-state index contributed by atoms with van der Waals surface area (Å²) in [5, 5.41) is 0. The van der Waals surface area contributed by atoms with Crippen molar-refractivity contribution in [2.75, 3.05) is 0 Å².